The summed E-state index contributed by atoms with van der Waals surface area (Å²) in [4.78, 5) is 22.1. The first-order valence-corrected chi connectivity index (χ1v) is 10.8. The smallest absolute Gasteiger partial charge is 0.406 e. The quantitative estimate of drug-likeness (QED) is 0.248. The van der Waals surface area contributed by atoms with Crippen LogP contribution >= 0.6 is 0 Å². The molecule has 13 heteroatoms. The Morgan fingerprint density at radius 1 is 1.16 bits per heavy atom. The molecule has 0 aliphatic rings. The van der Waals surface area contributed by atoms with Crippen molar-refractivity contribution in [1.29, 1.82) is 0 Å². The number of benzene rings is 2. The minimum Gasteiger partial charge on any atom is -0.406 e. The van der Waals surface area contributed by atoms with Crippen molar-refractivity contribution in [1.82, 2.24) is 5.32 Å². The van der Waals surface area contributed by atoms with E-state index >= 15 is 0 Å². The van der Waals surface area contributed by atoms with Crippen LogP contribution in [0, 0.1) is 10.1 Å². The molecule has 0 saturated heterocycles. The van der Waals surface area contributed by atoms with Gasteiger partial charge in [-0.1, -0.05) is 12.1 Å². The zero-order chi connectivity index (χ0) is 23.9. The van der Waals surface area contributed by atoms with Gasteiger partial charge in [-0.25, -0.2) is 8.42 Å². The molecule has 1 amide bonds. The predicted octanol–water partition coefficient (Wildman–Crippen LogP) is 3.14. The number of ether oxygens (including phenoxy) is 1. The lowest BCUT2D eigenvalue weighted by molar-refractivity contribution is -0.384. The van der Waals surface area contributed by atoms with Crippen molar-refractivity contribution in [3.63, 3.8) is 0 Å². The van der Waals surface area contributed by atoms with Crippen LogP contribution in [0.3, 0.4) is 0 Å². The van der Waals surface area contributed by atoms with Gasteiger partial charge in [-0.15, -0.1) is 13.2 Å². The first-order valence-electron chi connectivity index (χ1n) is 8.89. The third-order valence-electron chi connectivity index (χ3n) is 3.87. The molecule has 0 aliphatic heterocycles. The Balaban J connectivity index is 1.86. The Labute approximate surface area is 181 Å². The summed E-state index contributed by atoms with van der Waals surface area (Å²) in [5.74, 6) is -0.881. The van der Waals surface area contributed by atoms with Crippen molar-refractivity contribution in [3.05, 3.63) is 64.2 Å². The molecule has 172 valence electrons. The maximum atomic E-state index is 12.1. The number of nitrogens with one attached hydrogen (secondary N) is 2. The van der Waals surface area contributed by atoms with Gasteiger partial charge in [-0.3, -0.25) is 14.9 Å². The number of hydrogen-bond acceptors (Lipinski definition) is 7. The molecule has 0 radical (unpaired) electrons. The molecule has 2 N–H and O–H groups in total. The summed E-state index contributed by atoms with van der Waals surface area (Å²) in [7, 11) is -3.61. The van der Waals surface area contributed by atoms with Crippen molar-refractivity contribution < 1.29 is 36.0 Å². The number of anilines is 1. The van der Waals surface area contributed by atoms with Crippen LogP contribution in [-0.2, 0) is 14.6 Å². The number of rotatable bonds is 9. The minimum atomic E-state index is -4.79. The summed E-state index contributed by atoms with van der Waals surface area (Å²) >= 11 is 0. The molecule has 2 aromatic rings. The number of amides is 1. The van der Waals surface area contributed by atoms with Gasteiger partial charge in [0.05, 0.1) is 9.82 Å². The Morgan fingerprint density at radius 2 is 1.81 bits per heavy atom. The van der Waals surface area contributed by atoms with E-state index in [1.54, 1.807) is 0 Å². The Bertz CT molecular complexity index is 1120. The summed E-state index contributed by atoms with van der Waals surface area (Å²) in [5.41, 5.74) is 0.139. The highest BCUT2D eigenvalue weighted by Crippen LogP contribution is 2.27. The van der Waals surface area contributed by atoms with Crippen molar-refractivity contribution in [3.8, 4) is 5.75 Å². The molecular formula is C19H18F3N3O6S. The third-order valence-corrected chi connectivity index (χ3v) is 4.98. The number of halogens is 3. The minimum absolute atomic E-state index is 0.0898. The van der Waals surface area contributed by atoms with Gasteiger partial charge in [0.2, 0.25) is 5.91 Å². The molecule has 0 unspecified atom stereocenters. The number of sulfone groups is 1. The largest absolute Gasteiger partial charge is 0.573 e. The molecule has 2 aromatic carbocycles. The third kappa shape index (κ3) is 7.91. The summed E-state index contributed by atoms with van der Waals surface area (Å²) in [5, 5.41) is 16.4. The fourth-order valence-corrected chi connectivity index (χ4v) is 3.08. The van der Waals surface area contributed by atoms with E-state index in [0.717, 1.165) is 24.5 Å². The molecular weight excluding hydrogens is 455 g/mol. The summed E-state index contributed by atoms with van der Waals surface area (Å²) in [6.07, 6.45) is -1.30. The van der Waals surface area contributed by atoms with E-state index in [1.165, 1.54) is 36.4 Å². The summed E-state index contributed by atoms with van der Waals surface area (Å²) in [6, 6.07) is 8.34. The van der Waals surface area contributed by atoms with Gasteiger partial charge >= 0.3 is 6.36 Å². The van der Waals surface area contributed by atoms with Crippen LogP contribution in [0.25, 0.3) is 6.08 Å². The van der Waals surface area contributed by atoms with Crippen LogP contribution in [0.4, 0.5) is 24.5 Å². The van der Waals surface area contributed by atoms with Crippen LogP contribution in [-0.4, -0.2) is 45.0 Å². The zero-order valence-electron chi connectivity index (χ0n) is 16.5. The lowest BCUT2D eigenvalue weighted by Gasteiger charge is -2.09. The molecule has 9 nitrogen and oxygen atoms in total. The number of carbonyl (C=O) groups is 1. The van der Waals surface area contributed by atoms with Crippen LogP contribution < -0.4 is 15.4 Å². The molecule has 0 aliphatic carbocycles. The topological polar surface area (TPSA) is 128 Å². The normalized spacial score (nSPS) is 11.9. The molecule has 0 heterocycles. The Kier molecular flexibility index (Phi) is 7.81. The van der Waals surface area contributed by atoms with Crippen LogP contribution in [0.2, 0.25) is 0 Å². The van der Waals surface area contributed by atoms with Crippen molar-refractivity contribution in [2.45, 2.75) is 11.3 Å². The van der Waals surface area contributed by atoms with Crippen molar-refractivity contribution >= 4 is 33.2 Å². The molecule has 0 atom stereocenters. The number of nitro groups is 1. The number of nitro benzene ring substituents is 1. The number of nitrogens with zero attached hydrogens (tertiary/aromatic N) is 1. The van der Waals surface area contributed by atoms with Crippen LogP contribution in [0.1, 0.15) is 5.56 Å². The molecule has 0 saturated carbocycles. The maximum Gasteiger partial charge on any atom is 0.573 e. The second-order valence-corrected chi connectivity index (χ2v) is 8.39. The van der Waals surface area contributed by atoms with Gasteiger partial charge in [0.15, 0.2) is 9.84 Å². The number of hydrogen-bond donors (Lipinski definition) is 2. The SMILES string of the molecule is CS(=O)(=O)c1ccc(NCCNC(=O)/C=C/c2ccc(OC(F)(F)F)cc2)c([N+](=O)[O-])c1. The van der Waals surface area contributed by atoms with E-state index in [2.05, 4.69) is 15.4 Å². The van der Waals surface area contributed by atoms with Gasteiger partial charge < -0.3 is 15.4 Å². The molecule has 0 aromatic heterocycles. The molecule has 32 heavy (non-hydrogen) atoms. The van der Waals surface area contributed by atoms with Gasteiger partial charge in [0, 0.05) is 31.5 Å². The predicted molar refractivity (Wildman–Crippen MR) is 110 cm³/mol. The van der Waals surface area contributed by atoms with Crippen LogP contribution in [0.15, 0.2) is 53.4 Å². The molecule has 0 spiro atoms. The maximum absolute atomic E-state index is 12.1. The van der Waals surface area contributed by atoms with E-state index in [0.29, 0.717) is 5.56 Å². The van der Waals surface area contributed by atoms with E-state index in [4.69, 9.17) is 0 Å². The zero-order valence-corrected chi connectivity index (χ0v) is 17.4. The van der Waals surface area contributed by atoms with Crippen LogP contribution in [0.5, 0.6) is 5.75 Å². The van der Waals surface area contributed by atoms with Gasteiger partial charge in [0.1, 0.15) is 11.4 Å². The lowest BCUT2D eigenvalue weighted by atomic mass is 10.2. The highest BCUT2D eigenvalue weighted by Gasteiger charge is 2.30. The monoisotopic (exact) mass is 473 g/mol. The second-order valence-electron chi connectivity index (χ2n) is 6.38. The standard InChI is InChI=1S/C19H18F3N3O6S/c1-32(29,30)15-7-8-16(17(12-15)25(27)28)23-10-11-24-18(26)9-4-13-2-5-14(6-3-13)31-19(20,21)22/h2-9,12,23H,10-11H2,1H3,(H,24,26)/b9-4+. The highest BCUT2D eigenvalue weighted by molar-refractivity contribution is 7.90. The fraction of sp³-hybridized carbons (Fsp3) is 0.211. The van der Waals surface area contributed by atoms with Gasteiger partial charge in [-0.05, 0) is 35.9 Å². The first-order chi connectivity index (χ1) is 14.8. The average Bonchev–Trinajstić information content (AvgIpc) is 2.68. The summed E-state index contributed by atoms with van der Waals surface area (Å²) in [6.45, 7) is 0.203. The van der Waals surface area contributed by atoms with Crippen molar-refractivity contribution in [2.75, 3.05) is 24.7 Å². The lowest BCUT2D eigenvalue weighted by Crippen LogP contribution is -2.27. The van der Waals surface area contributed by atoms with E-state index < -0.39 is 32.7 Å². The molecule has 2 rings (SSSR count). The van der Waals surface area contributed by atoms with E-state index in [-0.39, 0.29) is 29.4 Å². The van der Waals surface area contributed by atoms with Gasteiger partial charge in [0.25, 0.3) is 5.69 Å². The second kappa shape index (κ2) is 10.1. The Morgan fingerprint density at radius 3 is 2.38 bits per heavy atom. The number of carbonyl (C=O) groups excluding carboxylic acids is 1. The Hall–Kier alpha value is -3.61. The first kappa shape index (κ1) is 24.7. The highest BCUT2D eigenvalue weighted by atomic mass is 32.2. The molecule has 0 bridgehead atoms. The summed E-state index contributed by atoms with van der Waals surface area (Å²) < 4.78 is 63.2. The fourth-order valence-electron chi connectivity index (χ4n) is 2.44. The van der Waals surface area contributed by atoms with E-state index in [1.807, 2.05) is 0 Å². The average molecular weight is 473 g/mol. The molecule has 0 fully saturated rings. The van der Waals surface area contributed by atoms with E-state index in [9.17, 15) is 36.5 Å². The van der Waals surface area contributed by atoms with Crippen molar-refractivity contribution in [2.24, 2.45) is 0 Å². The number of alkyl halides is 3. The van der Waals surface area contributed by atoms with Gasteiger partial charge in [-0.2, -0.15) is 0 Å².